The van der Waals surface area contributed by atoms with Crippen LogP contribution in [-0.4, -0.2) is 10.1 Å². The summed E-state index contributed by atoms with van der Waals surface area (Å²) in [5, 5.41) is 9.60. The van der Waals surface area contributed by atoms with Crippen LogP contribution in [0, 0.1) is 12.3 Å². The van der Waals surface area contributed by atoms with E-state index < -0.39 is 0 Å². The molecule has 0 radical (unpaired) electrons. The van der Waals surface area contributed by atoms with E-state index in [4.69, 9.17) is 5.73 Å². The SMILES string of the molecule is CC(C)C(O)c1ccccc1.CC(C)c1cccc(C(C)C)c1[NH-].C[CH-]Cc1ccccn1.[Zr+2]. The van der Waals surface area contributed by atoms with Gasteiger partial charge in [0.1, 0.15) is 0 Å². The van der Waals surface area contributed by atoms with E-state index in [0.29, 0.717) is 11.8 Å². The zero-order valence-corrected chi connectivity index (χ0v) is 24.4. The van der Waals surface area contributed by atoms with E-state index in [9.17, 15) is 5.11 Å². The van der Waals surface area contributed by atoms with Gasteiger partial charge in [0.15, 0.2) is 0 Å². The predicted molar refractivity (Wildman–Crippen MR) is 143 cm³/mol. The van der Waals surface area contributed by atoms with Crippen molar-refractivity contribution in [1.82, 2.24) is 4.98 Å². The standard InChI is InChI=1S/C12H18N.C10H14O.C8H10N.Zr/c1-8(2)10-6-5-7-11(9(3)4)12(10)13;1-8(2)10(11)9-6-4-3-5-7-9;1-2-5-8-6-3-4-7-9-8;/h5-9,13H,1-4H3;3-8,10-11H,1-2H3;2-4,6-7H,5H2,1H3;/q-1;;-1;+2. The first-order valence-corrected chi connectivity index (χ1v) is 11.9. The van der Waals surface area contributed by atoms with Gasteiger partial charge in [-0.25, -0.2) is 0 Å². The summed E-state index contributed by atoms with van der Waals surface area (Å²) in [6, 6.07) is 21.9. The average Bonchev–Trinajstić information content (AvgIpc) is 2.80. The van der Waals surface area contributed by atoms with E-state index in [1.807, 2.05) is 75.5 Å². The zero-order chi connectivity index (χ0) is 24.8. The van der Waals surface area contributed by atoms with E-state index in [0.717, 1.165) is 34.5 Å². The molecule has 0 amide bonds. The topological polar surface area (TPSA) is 56.9 Å². The van der Waals surface area contributed by atoms with E-state index in [1.165, 1.54) is 0 Å². The number of rotatable bonds is 6. The summed E-state index contributed by atoms with van der Waals surface area (Å²) < 4.78 is 0. The van der Waals surface area contributed by atoms with Gasteiger partial charge in [0.2, 0.25) is 0 Å². The minimum Gasteiger partial charge on any atom is -0.698 e. The first kappa shape index (κ1) is 32.2. The van der Waals surface area contributed by atoms with Crippen molar-refractivity contribution in [2.75, 3.05) is 0 Å². The number of pyridine rings is 1. The van der Waals surface area contributed by atoms with Crippen LogP contribution >= 0.6 is 0 Å². The van der Waals surface area contributed by atoms with Crippen molar-refractivity contribution in [3.05, 3.63) is 107 Å². The van der Waals surface area contributed by atoms with Crippen LogP contribution in [0.5, 0.6) is 0 Å². The summed E-state index contributed by atoms with van der Waals surface area (Å²) in [6.07, 6.45) is 4.57. The van der Waals surface area contributed by atoms with Crippen molar-refractivity contribution < 1.29 is 31.3 Å². The number of aromatic nitrogens is 1. The minimum atomic E-state index is -0.323. The Kier molecular flexibility index (Phi) is 16.7. The Balaban J connectivity index is 0.000000481. The molecule has 0 bridgehead atoms. The molecule has 2 N–H and O–H groups in total. The van der Waals surface area contributed by atoms with Crippen LogP contribution in [0.1, 0.15) is 88.8 Å². The fourth-order valence-corrected chi connectivity index (χ4v) is 3.31. The summed E-state index contributed by atoms with van der Waals surface area (Å²) in [5.74, 6) is 1.19. The van der Waals surface area contributed by atoms with Gasteiger partial charge in [0, 0.05) is 11.9 Å². The van der Waals surface area contributed by atoms with Crippen LogP contribution < -0.4 is 0 Å². The fourth-order valence-electron chi connectivity index (χ4n) is 3.31. The molecule has 1 aromatic heterocycles. The van der Waals surface area contributed by atoms with Crippen molar-refractivity contribution >= 4 is 5.69 Å². The molecule has 0 fully saturated rings. The molecule has 2 aromatic carbocycles. The molecule has 1 atom stereocenters. The number of nitrogens with zero attached hydrogens (tertiary/aromatic N) is 1. The normalized spacial score (nSPS) is 11.1. The van der Waals surface area contributed by atoms with Crippen molar-refractivity contribution in [1.29, 1.82) is 0 Å². The van der Waals surface area contributed by atoms with Gasteiger partial charge < -0.3 is 17.3 Å². The van der Waals surface area contributed by atoms with E-state index in [1.54, 1.807) is 0 Å². The maximum Gasteiger partial charge on any atom is 2.00 e. The number of aliphatic hydroxyl groups excluding tert-OH is 1. The molecule has 0 spiro atoms. The number of aliphatic hydroxyl groups is 1. The number of nitrogens with one attached hydrogen (secondary N) is 1. The average molecular weight is 538 g/mol. The number of hydrogen-bond donors (Lipinski definition) is 1. The molecule has 1 heterocycles. The second-order valence-corrected chi connectivity index (χ2v) is 9.15. The number of benzene rings is 2. The summed E-state index contributed by atoms with van der Waals surface area (Å²) in [7, 11) is 0. The second-order valence-electron chi connectivity index (χ2n) is 9.15. The van der Waals surface area contributed by atoms with Gasteiger partial charge in [-0.15, -0.1) is 12.1 Å². The maximum atomic E-state index is 9.60. The van der Waals surface area contributed by atoms with Gasteiger partial charge in [0.25, 0.3) is 0 Å². The van der Waals surface area contributed by atoms with Crippen LogP contribution in [0.2, 0.25) is 0 Å². The Morgan fingerprint density at radius 1 is 0.794 bits per heavy atom. The van der Waals surface area contributed by atoms with Crippen molar-refractivity contribution in [3.63, 3.8) is 0 Å². The molecule has 0 aliphatic carbocycles. The summed E-state index contributed by atoms with van der Waals surface area (Å²) >= 11 is 0. The largest absolute Gasteiger partial charge is 2.00 e. The molecule has 3 aromatic rings. The molecular formula is C30H42N2OZr. The minimum absolute atomic E-state index is 0. The Morgan fingerprint density at radius 3 is 1.74 bits per heavy atom. The van der Waals surface area contributed by atoms with Gasteiger partial charge >= 0.3 is 26.2 Å². The predicted octanol–water partition coefficient (Wildman–Crippen LogP) is 8.84. The molecule has 182 valence electrons. The van der Waals surface area contributed by atoms with Crippen LogP contribution in [-0.2, 0) is 32.6 Å². The molecule has 0 aliphatic heterocycles. The first-order valence-electron chi connectivity index (χ1n) is 11.9. The quantitative estimate of drug-likeness (QED) is 0.319. The van der Waals surface area contributed by atoms with Gasteiger partial charge in [-0.1, -0.05) is 107 Å². The Labute approximate surface area is 227 Å². The maximum absolute atomic E-state index is 9.60. The van der Waals surface area contributed by atoms with Gasteiger partial charge in [-0.3, -0.25) is 4.98 Å². The second kappa shape index (κ2) is 17.6. The van der Waals surface area contributed by atoms with Crippen molar-refractivity contribution in [2.24, 2.45) is 5.92 Å². The van der Waals surface area contributed by atoms with E-state index in [2.05, 4.69) is 57.3 Å². The number of hydrogen-bond acceptors (Lipinski definition) is 2. The smallest absolute Gasteiger partial charge is 0.698 e. The van der Waals surface area contributed by atoms with Gasteiger partial charge in [0.05, 0.1) is 6.10 Å². The molecular weight excluding hydrogens is 496 g/mol. The molecule has 3 nitrogen and oxygen atoms in total. The van der Waals surface area contributed by atoms with Crippen LogP contribution in [0.25, 0.3) is 5.73 Å². The van der Waals surface area contributed by atoms with Crippen molar-refractivity contribution in [2.45, 2.75) is 72.8 Å². The third-order valence-corrected chi connectivity index (χ3v) is 5.28. The van der Waals surface area contributed by atoms with E-state index in [-0.39, 0.29) is 38.2 Å². The first-order chi connectivity index (χ1) is 15.7. The van der Waals surface area contributed by atoms with E-state index >= 15 is 0 Å². The van der Waals surface area contributed by atoms with Crippen LogP contribution in [0.15, 0.2) is 72.9 Å². The van der Waals surface area contributed by atoms with Gasteiger partial charge in [-0.05, 0) is 35.4 Å². The zero-order valence-electron chi connectivity index (χ0n) is 21.9. The molecule has 1 unspecified atom stereocenters. The molecule has 3 rings (SSSR count). The Hall–Kier alpha value is -1.77. The molecule has 0 saturated heterocycles. The molecule has 0 saturated carbocycles. The van der Waals surface area contributed by atoms with Crippen LogP contribution in [0.3, 0.4) is 0 Å². The fraction of sp³-hybridized carbons (Fsp3) is 0.400. The summed E-state index contributed by atoms with van der Waals surface area (Å²) in [6.45, 7) is 14.6. The van der Waals surface area contributed by atoms with Crippen LogP contribution in [0.4, 0.5) is 5.69 Å². The Bertz CT molecular complexity index is 870. The summed E-state index contributed by atoms with van der Waals surface area (Å²) in [4.78, 5) is 4.14. The Morgan fingerprint density at radius 2 is 1.32 bits per heavy atom. The molecule has 4 heteroatoms. The third-order valence-electron chi connectivity index (χ3n) is 5.28. The monoisotopic (exact) mass is 536 g/mol. The molecule has 0 aliphatic rings. The van der Waals surface area contributed by atoms with Gasteiger partial charge in [-0.2, -0.15) is 6.92 Å². The third kappa shape index (κ3) is 11.6. The summed E-state index contributed by atoms with van der Waals surface area (Å²) in [5.41, 5.74) is 13.2. The van der Waals surface area contributed by atoms with Crippen molar-refractivity contribution in [3.8, 4) is 0 Å². The molecule has 34 heavy (non-hydrogen) atoms.